The molecule has 0 unspecified atom stereocenters. The van der Waals surface area contributed by atoms with Gasteiger partial charge in [-0.05, 0) is 33.9 Å². The Balaban J connectivity index is 1.39. The second-order valence-electron chi connectivity index (χ2n) is 7.43. The second kappa shape index (κ2) is 9.70. The van der Waals surface area contributed by atoms with Gasteiger partial charge < -0.3 is 5.32 Å². The van der Waals surface area contributed by atoms with E-state index in [4.69, 9.17) is 0 Å². The van der Waals surface area contributed by atoms with Crippen LogP contribution < -0.4 is 5.32 Å². The molecule has 4 aromatic rings. The molecular formula is C25H22N4O3. The molecule has 0 aliphatic rings. The zero-order valence-electron chi connectivity index (χ0n) is 17.3. The van der Waals surface area contributed by atoms with Crippen LogP contribution in [0.15, 0.2) is 91.3 Å². The lowest BCUT2D eigenvalue weighted by molar-refractivity contribution is -0.384. The van der Waals surface area contributed by atoms with Crippen molar-refractivity contribution in [2.24, 2.45) is 0 Å². The number of nitrogens with zero attached hydrogens (tertiary/aromatic N) is 3. The highest BCUT2D eigenvalue weighted by Crippen LogP contribution is 2.24. The van der Waals surface area contributed by atoms with Crippen molar-refractivity contribution >= 4 is 11.6 Å². The first-order chi connectivity index (χ1) is 15.6. The highest BCUT2D eigenvalue weighted by atomic mass is 16.6. The van der Waals surface area contributed by atoms with Gasteiger partial charge in [0.05, 0.1) is 17.9 Å². The van der Waals surface area contributed by atoms with E-state index in [9.17, 15) is 14.9 Å². The molecular weight excluding hydrogens is 404 g/mol. The third-order valence-corrected chi connectivity index (χ3v) is 5.17. The lowest BCUT2D eigenvalue weighted by atomic mass is 9.98. The molecule has 0 saturated heterocycles. The first-order valence-electron chi connectivity index (χ1n) is 10.2. The van der Waals surface area contributed by atoms with E-state index < -0.39 is 4.92 Å². The van der Waals surface area contributed by atoms with Crippen molar-refractivity contribution in [1.82, 2.24) is 15.1 Å². The maximum Gasteiger partial charge on any atom is 0.269 e. The summed E-state index contributed by atoms with van der Waals surface area (Å²) in [7, 11) is 0. The number of nitro groups is 1. The van der Waals surface area contributed by atoms with Gasteiger partial charge in [0, 0.05) is 31.1 Å². The average Bonchev–Trinajstić information content (AvgIpc) is 3.32. The summed E-state index contributed by atoms with van der Waals surface area (Å²) in [4.78, 5) is 22.7. The molecule has 0 aliphatic carbocycles. The van der Waals surface area contributed by atoms with E-state index >= 15 is 0 Å². The van der Waals surface area contributed by atoms with Crippen molar-refractivity contribution in [2.45, 2.75) is 19.5 Å². The van der Waals surface area contributed by atoms with Gasteiger partial charge in [-0.3, -0.25) is 19.6 Å². The number of non-ortho nitro benzene ring substituents is 1. The van der Waals surface area contributed by atoms with Crippen LogP contribution in [0.2, 0.25) is 0 Å². The summed E-state index contributed by atoms with van der Waals surface area (Å²) in [6, 6.07) is 24.2. The fraction of sp³-hybridized carbons (Fsp3) is 0.120. The molecule has 4 rings (SSSR count). The molecule has 32 heavy (non-hydrogen) atoms. The van der Waals surface area contributed by atoms with Crippen molar-refractivity contribution in [1.29, 1.82) is 0 Å². The maximum atomic E-state index is 12.4. The Kier molecular flexibility index (Phi) is 6.36. The standard InChI is InChI=1S/C25H22N4O3/c30-25(16-19-8-12-23(13-9-19)29(31)32)26-17-22-4-1-2-5-24(22)21-10-6-20(7-11-21)18-28-15-3-14-27-28/h1-15H,16-18H2,(H,26,30). The Hall–Kier alpha value is -4.26. The molecule has 1 amide bonds. The highest BCUT2D eigenvalue weighted by molar-refractivity contribution is 5.79. The summed E-state index contributed by atoms with van der Waals surface area (Å²) in [5, 5.41) is 17.9. The lowest BCUT2D eigenvalue weighted by Gasteiger charge is -2.12. The number of nitrogens with one attached hydrogen (secondary N) is 1. The molecule has 3 aromatic carbocycles. The molecule has 7 nitrogen and oxygen atoms in total. The molecule has 0 radical (unpaired) electrons. The van der Waals surface area contributed by atoms with E-state index in [1.54, 1.807) is 18.3 Å². The first kappa shape index (κ1) is 21.0. The van der Waals surface area contributed by atoms with E-state index in [0.29, 0.717) is 13.1 Å². The monoisotopic (exact) mass is 426 g/mol. The second-order valence-corrected chi connectivity index (χ2v) is 7.43. The molecule has 7 heteroatoms. The van der Waals surface area contributed by atoms with Crippen LogP contribution in [0.4, 0.5) is 5.69 Å². The summed E-state index contributed by atoms with van der Waals surface area (Å²) >= 11 is 0. The van der Waals surface area contributed by atoms with Crippen LogP contribution in [0, 0.1) is 10.1 Å². The van der Waals surface area contributed by atoms with Gasteiger partial charge in [0.1, 0.15) is 0 Å². The number of carbonyl (C=O) groups is 1. The minimum absolute atomic E-state index is 0.0127. The van der Waals surface area contributed by atoms with Gasteiger partial charge in [-0.2, -0.15) is 5.10 Å². The van der Waals surface area contributed by atoms with Crippen molar-refractivity contribution in [3.05, 3.63) is 118 Å². The number of amides is 1. The number of rotatable bonds is 8. The Morgan fingerprint density at radius 2 is 1.66 bits per heavy atom. The molecule has 1 heterocycles. The largest absolute Gasteiger partial charge is 0.352 e. The quantitative estimate of drug-likeness (QED) is 0.335. The molecule has 0 aliphatic heterocycles. The Labute approximate surface area is 185 Å². The average molecular weight is 426 g/mol. The number of hydrogen-bond donors (Lipinski definition) is 1. The first-order valence-corrected chi connectivity index (χ1v) is 10.2. The summed E-state index contributed by atoms with van der Waals surface area (Å²) in [6.07, 6.45) is 3.87. The number of nitro benzene ring substituents is 1. The van der Waals surface area contributed by atoms with Crippen LogP contribution in [0.3, 0.4) is 0 Å². The molecule has 160 valence electrons. The summed E-state index contributed by atoms with van der Waals surface area (Å²) in [6.45, 7) is 1.12. The van der Waals surface area contributed by atoms with Crippen LogP contribution in [-0.2, 0) is 24.3 Å². The van der Waals surface area contributed by atoms with Gasteiger partial charge in [0.2, 0.25) is 5.91 Å². The molecule has 0 spiro atoms. The van der Waals surface area contributed by atoms with Crippen LogP contribution in [0.5, 0.6) is 0 Å². The van der Waals surface area contributed by atoms with E-state index in [1.807, 2.05) is 41.2 Å². The topological polar surface area (TPSA) is 90.1 Å². The third kappa shape index (κ3) is 5.26. The number of hydrogen-bond acceptors (Lipinski definition) is 4. The van der Waals surface area contributed by atoms with Crippen LogP contribution in [0.25, 0.3) is 11.1 Å². The number of aromatic nitrogens is 2. The molecule has 1 N–H and O–H groups in total. The lowest BCUT2D eigenvalue weighted by Crippen LogP contribution is -2.24. The van der Waals surface area contributed by atoms with Crippen LogP contribution in [0.1, 0.15) is 16.7 Å². The van der Waals surface area contributed by atoms with Gasteiger partial charge in [-0.15, -0.1) is 0 Å². The minimum atomic E-state index is -0.454. The Morgan fingerprint density at radius 1 is 0.938 bits per heavy atom. The third-order valence-electron chi connectivity index (χ3n) is 5.17. The van der Waals surface area contributed by atoms with Gasteiger partial charge in [0.15, 0.2) is 0 Å². The summed E-state index contributed by atoms with van der Waals surface area (Å²) in [5.74, 6) is -0.136. The van der Waals surface area contributed by atoms with Crippen molar-refractivity contribution < 1.29 is 9.72 Å². The number of carbonyl (C=O) groups excluding carboxylic acids is 1. The van der Waals surface area contributed by atoms with Crippen molar-refractivity contribution in [3.63, 3.8) is 0 Å². The minimum Gasteiger partial charge on any atom is -0.352 e. The molecule has 0 atom stereocenters. The van der Waals surface area contributed by atoms with E-state index in [0.717, 1.165) is 27.8 Å². The summed E-state index contributed by atoms with van der Waals surface area (Å²) in [5.41, 5.74) is 5.06. The van der Waals surface area contributed by atoms with Gasteiger partial charge in [0.25, 0.3) is 5.69 Å². The fourth-order valence-corrected chi connectivity index (χ4v) is 3.50. The van der Waals surface area contributed by atoms with E-state index in [1.165, 1.54) is 12.1 Å². The normalized spacial score (nSPS) is 10.6. The summed E-state index contributed by atoms with van der Waals surface area (Å²) < 4.78 is 1.88. The zero-order chi connectivity index (χ0) is 22.3. The van der Waals surface area contributed by atoms with Crippen LogP contribution in [-0.4, -0.2) is 20.6 Å². The van der Waals surface area contributed by atoms with Gasteiger partial charge >= 0.3 is 0 Å². The predicted molar refractivity (Wildman–Crippen MR) is 122 cm³/mol. The van der Waals surface area contributed by atoms with Crippen molar-refractivity contribution in [2.75, 3.05) is 0 Å². The molecule has 0 fully saturated rings. The smallest absolute Gasteiger partial charge is 0.269 e. The highest BCUT2D eigenvalue weighted by Gasteiger charge is 2.09. The van der Waals surface area contributed by atoms with Crippen LogP contribution >= 0.6 is 0 Å². The molecule has 0 saturated carbocycles. The van der Waals surface area contributed by atoms with E-state index in [2.05, 4.69) is 34.7 Å². The van der Waals surface area contributed by atoms with Gasteiger partial charge in [-0.1, -0.05) is 60.7 Å². The molecule has 0 bridgehead atoms. The Morgan fingerprint density at radius 3 is 2.34 bits per heavy atom. The maximum absolute atomic E-state index is 12.4. The fourth-order valence-electron chi connectivity index (χ4n) is 3.50. The Bertz CT molecular complexity index is 1200. The van der Waals surface area contributed by atoms with Gasteiger partial charge in [-0.25, -0.2) is 0 Å². The van der Waals surface area contributed by atoms with E-state index in [-0.39, 0.29) is 18.0 Å². The number of benzene rings is 3. The molecule has 1 aromatic heterocycles. The predicted octanol–water partition coefficient (Wildman–Crippen LogP) is 4.37. The van der Waals surface area contributed by atoms with Crippen molar-refractivity contribution in [3.8, 4) is 11.1 Å². The SMILES string of the molecule is O=C(Cc1ccc([N+](=O)[O-])cc1)NCc1ccccc1-c1ccc(Cn2cccn2)cc1. The zero-order valence-corrected chi connectivity index (χ0v) is 17.3.